The summed E-state index contributed by atoms with van der Waals surface area (Å²) in [6.07, 6.45) is 0. The van der Waals surface area contributed by atoms with Crippen LogP contribution >= 0.6 is 0 Å². The number of ether oxygens (including phenoxy) is 1. The highest BCUT2D eigenvalue weighted by Crippen LogP contribution is 2.27. The summed E-state index contributed by atoms with van der Waals surface area (Å²) in [4.78, 5) is 11.7. The Bertz CT molecular complexity index is 756. The first-order chi connectivity index (χ1) is 9.91. The molecule has 2 aromatic carbocycles. The molecule has 2 aromatic rings. The lowest BCUT2D eigenvalue weighted by Crippen LogP contribution is -2.13. The van der Waals surface area contributed by atoms with Gasteiger partial charge in [-0.1, -0.05) is 18.2 Å². The minimum absolute atomic E-state index is 0.154. The molecule has 0 aliphatic heterocycles. The van der Waals surface area contributed by atoms with Crippen LogP contribution in [0.15, 0.2) is 53.4 Å². The van der Waals surface area contributed by atoms with Gasteiger partial charge in [0, 0.05) is 5.56 Å². The topological polar surface area (TPSA) is 92.7 Å². The van der Waals surface area contributed by atoms with Crippen LogP contribution in [0.25, 0.3) is 0 Å². The van der Waals surface area contributed by atoms with Crippen molar-refractivity contribution in [3.8, 4) is 5.75 Å². The molecule has 0 radical (unpaired) electrons. The van der Waals surface area contributed by atoms with Gasteiger partial charge in [-0.3, -0.25) is 9.35 Å². The van der Waals surface area contributed by atoms with E-state index in [1.54, 1.807) is 30.3 Å². The van der Waals surface area contributed by atoms with E-state index in [0.717, 1.165) is 6.07 Å². The molecule has 0 bridgehead atoms. The highest BCUT2D eigenvalue weighted by Gasteiger charge is 2.15. The van der Waals surface area contributed by atoms with Crippen LogP contribution in [0.4, 0.5) is 5.69 Å². The molecule has 0 heterocycles. The van der Waals surface area contributed by atoms with Gasteiger partial charge in [0.2, 0.25) is 0 Å². The smallest absolute Gasteiger partial charge is 0.294 e. The van der Waals surface area contributed by atoms with Crippen molar-refractivity contribution in [1.29, 1.82) is 0 Å². The minimum atomic E-state index is -4.36. The molecule has 0 aliphatic carbocycles. The lowest BCUT2D eigenvalue weighted by molar-refractivity contribution is 0.102. The predicted octanol–water partition coefficient (Wildman–Crippen LogP) is 2.19. The van der Waals surface area contributed by atoms with Gasteiger partial charge in [0.1, 0.15) is 5.75 Å². The average molecular weight is 307 g/mol. The second kappa shape index (κ2) is 5.94. The third-order valence-corrected chi connectivity index (χ3v) is 3.60. The molecule has 0 unspecified atom stereocenters. The van der Waals surface area contributed by atoms with Gasteiger partial charge >= 0.3 is 0 Å². The fourth-order valence-corrected chi connectivity index (χ4v) is 2.24. The first kappa shape index (κ1) is 15.0. The molecule has 2 rings (SSSR count). The molecule has 0 saturated heterocycles. The largest absolute Gasteiger partial charge is 0.495 e. The fourth-order valence-electron chi connectivity index (χ4n) is 1.73. The molecule has 0 aromatic heterocycles. The number of hydrogen-bond donors (Lipinski definition) is 2. The summed E-state index contributed by atoms with van der Waals surface area (Å²) in [7, 11) is -2.97. The van der Waals surface area contributed by atoms with Gasteiger partial charge in [-0.05, 0) is 30.3 Å². The molecule has 110 valence electrons. The number of anilines is 1. The van der Waals surface area contributed by atoms with Crippen LogP contribution in [-0.4, -0.2) is 26.0 Å². The van der Waals surface area contributed by atoms with Gasteiger partial charge in [0.15, 0.2) is 0 Å². The standard InChI is InChI=1S/C14H13NO5S/c1-20-13-8-7-11(21(17,18)19)9-12(13)15-14(16)10-5-3-2-4-6-10/h2-9H,1H3,(H,15,16)(H,17,18,19). The Morgan fingerprint density at radius 3 is 2.38 bits per heavy atom. The summed E-state index contributed by atoms with van der Waals surface area (Å²) < 4.78 is 36.4. The van der Waals surface area contributed by atoms with E-state index in [4.69, 9.17) is 9.29 Å². The van der Waals surface area contributed by atoms with E-state index in [9.17, 15) is 13.2 Å². The molecular weight excluding hydrogens is 294 g/mol. The highest BCUT2D eigenvalue weighted by molar-refractivity contribution is 7.85. The van der Waals surface area contributed by atoms with E-state index < -0.39 is 16.0 Å². The number of methoxy groups -OCH3 is 1. The van der Waals surface area contributed by atoms with Crippen molar-refractivity contribution in [2.24, 2.45) is 0 Å². The van der Waals surface area contributed by atoms with E-state index in [2.05, 4.69) is 5.32 Å². The average Bonchev–Trinajstić information content (AvgIpc) is 2.47. The van der Waals surface area contributed by atoms with Crippen molar-refractivity contribution in [2.45, 2.75) is 4.90 Å². The Labute approximate surface area is 122 Å². The van der Waals surface area contributed by atoms with Crippen LogP contribution in [0.1, 0.15) is 10.4 Å². The molecule has 0 saturated carbocycles. The monoisotopic (exact) mass is 307 g/mol. The first-order valence-corrected chi connectivity index (χ1v) is 7.38. The number of benzene rings is 2. The number of nitrogens with one attached hydrogen (secondary N) is 1. The van der Waals surface area contributed by atoms with Crippen LogP contribution in [0, 0.1) is 0 Å². The molecule has 2 N–H and O–H groups in total. The minimum Gasteiger partial charge on any atom is -0.495 e. The number of hydrogen-bond acceptors (Lipinski definition) is 4. The third-order valence-electron chi connectivity index (χ3n) is 2.75. The molecule has 21 heavy (non-hydrogen) atoms. The lowest BCUT2D eigenvalue weighted by Gasteiger charge is -2.11. The number of rotatable bonds is 4. The summed E-state index contributed by atoms with van der Waals surface area (Å²) >= 11 is 0. The van der Waals surface area contributed by atoms with Gasteiger partial charge < -0.3 is 10.1 Å². The fraction of sp³-hybridized carbons (Fsp3) is 0.0714. The summed E-state index contributed by atoms with van der Waals surface area (Å²) in [6.45, 7) is 0. The van der Waals surface area contributed by atoms with E-state index in [-0.39, 0.29) is 16.3 Å². The van der Waals surface area contributed by atoms with Crippen molar-refractivity contribution >= 4 is 21.7 Å². The summed E-state index contributed by atoms with van der Waals surface area (Å²) in [5.74, 6) is -0.131. The summed E-state index contributed by atoms with van der Waals surface area (Å²) in [5, 5.41) is 2.55. The highest BCUT2D eigenvalue weighted by atomic mass is 32.2. The summed E-state index contributed by atoms with van der Waals surface area (Å²) in [6, 6.07) is 12.1. The second-order valence-corrected chi connectivity index (χ2v) is 5.58. The second-order valence-electron chi connectivity index (χ2n) is 4.16. The lowest BCUT2D eigenvalue weighted by atomic mass is 10.2. The van der Waals surface area contributed by atoms with Gasteiger partial charge in [-0.15, -0.1) is 0 Å². The molecule has 0 spiro atoms. The first-order valence-electron chi connectivity index (χ1n) is 5.94. The molecule has 6 nitrogen and oxygen atoms in total. The van der Waals surface area contributed by atoms with E-state index in [1.165, 1.54) is 19.2 Å². The molecular formula is C14H13NO5S. The Kier molecular flexibility index (Phi) is 4.25. The van der Waals surface area contributed by atoms with E-state index in [0.29, 0.717) is 5.56 Å². The van der Waals surface area contributed by atoms with Gasteiger partial charge in [0.25, 0.3) is 16.0 Å². The molecule has 1 amide bonds. The van der Waals surface area contributed by atoms with Crippen molar-refractivity contribution in [3.05, 3.63) is 54.1 Å². The maximum absolute atomic E-state index is 12.1. The zero-order valence-electron chi connectivity index (χ0n) is 11.1. The van der Waals surface area contributed by atoms with Gasteiger partial charge in [0.05, 0.1) is 17.7 Å². The molecule has 0 fully saturated rings. The summed E-state index contributed by atoms with van der Waals surface area (Å²) in [5.41, 5.74) is 0.568. The predicted molar refractivity (Wildman–Crippen MR) is 77.2 cm³/mol. The van der Waals surface area contributed by atoms with Gasteiger partial charge in [-0.2, -0.15) is 8.42 Å². The Morgan fingerprint density at radius 1 is 1.14 bits per heavy atom. The Morgan fingerprint density at radius 2 is 1.81 bits per heavy atom. The van der Waals surface area contributed by atoms with Crippen molar-refractivity contribution in [2.75, 3.05) is 12.4 Å². The Hall–Kier alpha value is -2.38. The number of amides is 1. The quantitative estimate of drug-likeness (QED) is 0.845. The van der Waals surface area contributed by atoms with Crippen LogP contribution in [-0.2, 0) is 10.1 Å². The van der Waals surface area contributed by atoms with Crippen LogP contribution < -0.4 is 10.1 Å². The molecule has 0 atom stereocenters. The van der Waals surface area contributed by atoms with E-state index >= 15 is 0 Å². The normalized spacial score (nSPS) is 11.0. The van der Waals surface area contributed by atoms with Crippen molar-refractivity contribution in [1.82, 2.24) is 0 Å². The van der Waals surface area contributed by atoms with Crippen molar-refractivity contribution < 1.29 is 22.5 Å². The van der Waals surface area contributed by atoms with E-state index in [1.807, 2.05) is 0 Å². The maximum Gasteiger partial charge on any atom is 0.294 e. The Balaban J connectivity index is 2.36. The van der Waals surface area contributed by atoms with Gasteiger partial charge in [-0.25, -0.2) is 0 Å². The molecule has 0 aliphatic rings. The van der Waals surface area contributed by atoms with Crippen LogP contribution in [0.5, 0.6) is 5.75 Å². The zero-order chi connectivity index (χ0) is 15.5. The van der Waals surface area contributed by atoms with Crippen LogP contribution in [0.3, 0.4) is 0 Å². The molecule has 7 heteroatoms. The third kappa shape index (κ3) is 3.59. The number of carbonyl (C=O) groups excluding carboxylic acids is 1. The maximum atomic E-state index is 12.1. The zero-order valence-corrected chi connectivity index (χ0v) is 11.9. The van der Waals surface area contributed by atoms with Crippen molar-refractivity contribution in [3.63, 3.8) is 0 Å². The van der Waals surface area contributed by atoms with Crippen LogP contribution in [0.2, 0.25) is 0 Å². The number of carbonyl (C=O) groups is 1. The SMILES string of the molecule is COc1ccc(S(=O)(=O)O)cc1NC(=O)c1ccccc1.